The highest BCUT2D eigenvalue weighted by Crippen LogP contribution is 2.25. The Labute approximate surface area is 106 Å². The van der Waals surface area contributed by atoms with Crippen LogP contribution in [-0.4, -0.2) is 29.5 Å². The second kappa shape index (κ2) is 5.62. The summed E-state index contributed by atoms with van der Waals surface area (Å²) in [5.74, 6) is -0.874. The number of pyridine rings is 1. The lowest BCUT2D eigenvalue weighted by Gasteiger charge is -2.09. The van der Waals surface area contributed by atoms with Crippen molar-refractivity contribution in [3.63, 3.8) is 0 Å². The molecule has 0 spiro atoms. The first-order valence-corrected chi connectivity index (χ1v) is 6.10. The Morgan fingerprint density at radius 3 is 3.06 bits per heavy atom. The Bertz CT molecular complexity index is 433. The fourth-order valence-electron chi connectivity index (χ4n) is 1.97. The zero-order valence-corrected chi connectivity index (χ0v) is 10.3. The largest absolute Gasteiger partial charge is 0.464 e. The molecule has 2 rings (SSSR count). The fraction of sp³-hybridized carbons (Fsp3) is 0.462. The number of rotatable bonds is 4. The minimum absolute atomic E-state index is 0.160. The third kappa shape index (κ3) is 2.67. The fourth-order valence-corrected chi connectivity index (χ4v) is 1.97. The Morgan fingerprint density at radius 2 is 2.39 bits per heavy atom. The molecular formula is C13H16N2O3. The second-order valence-electron chi connectivity index (χ2n) is 4.27. The van der Waals surface area contributed by atoms with Gasteiger partial charge in [-0.15, -0.1) is 0 Å². The molecule has 0 aromatic carbocycles. The zero-order valence-electron chi connectivity index (χ0n) is 10.3. The zero-order chi connectivity index (χ0) is 13.0. The summed E-state index contributed by atoms with van der Waals surface area (Å²) in [5, 5.41) is 2.66. The molecule has 0 aliphatic carbocycles. The molecule has 1 aliphatic heterocycles. The summed E-state index contributed by atoms with van der Waals surface area (Å²) in [6.45, 7) is 2.32. The van der Waals surface area contributed by atoms with E-state index >= 15 is 0 Å². The molecule has 0 saturated carbocycles. The van der Waals surface area contributed by atoms with Crippen LogP contribution in [0, 0.1) is 0 Å². The smallest absolute Gasteiger partial charge is 0.328 e. The quantitative estimate of drug-likeness (QED) is 0.807. The molecule has 5 nitrogen and oxygen atoms in total. The summed E-state index contributed by atoms with van der Waals surface area (Å²) < 4.78 is 5.03. The molecule has 96 valence electrons. The molecule has 1 aromatic heterocycles. The summed E-state index contributed by atoms with van der Waals surface area (Å²) in [6, 6.07) is 4.88. The highest BCUT2D eigenvalue weighted by Gasteiger charge is 2.38. The van der Waals surface area contributed by atoms with Gasteiger partial charge in [-0.05, 0) is 25.0 Å². The van der Waals surface area contributed by atoms with Crippen LogP contribution in [0.2, 0.25) is 0 Å². The van der Waals surface area contributed by atoms with Gasteiger partial charge in [0, 0.05) is 6.20 Å². The SMILES string of the molecule is CCCOC(=O)C1CC(c2ccccn2)C(=O)N1. The second-order valence-corrected chi connectivity index (χ2v) is 4.27. The summed E-state index contributed by atoms with van der Waals surface area (Å²) in [5.41, 5.74) is 0.695. The molecule has 18 heavy (non-hydrogen) atoms. The van der Waals surface area contributed by atoms with Crippen molar-refractivity contribution in [3.05, 3.63) is 30.1 Å². The van der Waals surface area contributed by atoms with Gasteiger partial charge in [0.15, 0.2) is 0 Å². The molecule has 1 N–H and O–H groups in total. The molecule has 1 fully saturated rings. The summed E-state index contributed by atoms with van der Waals surface area (Å²) in [6.07, 6.45) is 2.83. The normalized spacial score (nSPS) is 22.6. The van der Waals surface area contributed by atoms with E-state index < -0.39 is 6.04 Å². The predicted molar refractivity (Wildman–Crippen MR) is 64.8 cm³/mol. The summed E-state index contributed by atoms with van der Waals surface area (Å²) in [4.78, 5) is 27.6. The van der Waals surface area contributed by atoms with Crippen molar-refractivity contribution in [2.24, 2.45) is 0 Å². The van der Waals surface area contributed by atoms with E-state index in [-0.39, 0.29) is 17.8 Å². The van der Waals surface area contributed by atoms with Gasteiger partial charge in [-0.1, -0.05) is 13.0 Å². The average Bonchev–Trinajstić information content (AvgIpc) is 2.79. The lowest BCUT2D eigenvalue weighted by Crippen LogP contribution is -2.34. The minimum Gasteiger partial charge on any atom is -0.464 e. The van der Waals surface area contributed by atoms with Crippen LogP contribution in [0.4, 0.5) is 0 Å². The number of carbonyl (C=O) groups is 2. The molecule has 2 unspecified atom stereocenters. The Hall–Kier alpha value is -1.91. The highest BCUT2D eigenvalue weighted by atomic mass is 16.5. The Balaban J connectivity index is 2.01. The van der Waals surface area contributed by atoms with E-state index in [4.69, 9.17) is 4.74 Å². The van der Waals surface area contributed by atoms with Crippen molar-refractivity contribution in [2.75, 3.05) is 6.61 Å². The first kappa shape index (κ1) is 12.5. The first-order valence-electron chi connectivity index (χ1n) is 6.10. The van der Waals surface area contributed by atoms with Crippen molar-refractivity contribution in [2.45, 2.75) is 31.7 Å². The van der Waals surface area contributed by atoms with E-state index in [1.54, 1.807) is 18.3 Å². The van der Waals surface area contributed by atoms with Crippen molar-refractivity contribution in [1.29, 1.82) is 0 Å². The van der Waals surface area contributed by atoms with Crippen LogP contribution in [-0.2, 0) is 14.3 Å². The van der Waals surface area contributed by atoms with Gasteiger partial charge in [-0.25, -0.2) is 4.79 Å². The number of amides is 1. The van der Waals surface area contributed by atoms with Crippen LogP contribution >= 0.6 is 0 Å². The van der Waals surface area contributed by atoms with E-state index in [0.29, 0.717) is 18.7 Å². The third-order valence-electron chi connectivity index (χ3n) is 2.88. The topological polar surface area (TPSA) is 68.3 Å². The Morgan fingerprint density at radius 1 is 1.56 bits per heavy atom. The Kier molecular flexibility index (Phi) is 3.92. The number of ether oxygens (including phenoxy) is 1. The highest BCUT2D eigenvalue weighted by molar-refractivity contribution is 5.92. The van der Waals surface area contributed by atoms with Gasteiger partial charge < -0.3 is 10.1 Å². The molecular weight excluding hydrogens is 232 g/mol. The van der Waals surface area contributed by atoms with Gasteiger partial charge in [-0.2, -0.15) is 0 Å². The molecule has 2 heterocycles. The number of carbonyl (C=O) groups excluding carboxylic acids is 2. The third-order valence-corrected chi connectivity index (χ3v) is 2.88. The van der Waals surface area contributed by atoms with Crippen molar-refractivity contribution >= 4 is 11.9 Å². The van der Waals surface area contributed by atoms with E-state index in [1.165, 1.54) is 0 Å². The number of nitrogens with zero attached hydrogens (tertiary/aromatic N) is 1. The van der Waals surface area contributed by atoms with Crippen LogP contribution < -0.4 is 5.32 Å². The number of esters is 1. The monoisotopic (exact) mass is 248 g/mol. The van der Waals surface area contributed by atoms with Gasteiger partial charge in [0.2, 0.25) is 5.91 Å². The van der Waals surface area contributed by atoms with Crippen molar-refractivity contribution in [1.82, 2.24) is 10.3 Å². The molecule has 1 aliphatic rings. The number of hydrogen-bond acceptors (Lipinski definition) is 4. The van der Waals surface area contributed by atoms with Crippen molar-refractivity contribution in [3.8, 4) is 0 Å². The molecule has 2 atom stereocenters. The van der Waals surface area contributed by atoms with Gasteiger partial charge in [0.05, 0.1) is 18.2 Å². The van der Waals surface area contributed by atoms with E-state index in [0.717, 1.165) is 6.42 Å². The lowest BCUT2D eigenvalue weighted by molar-refractivity contribution is -0.146. The number of nitrogens with one attached hydrogen (secondary N) is 1. The van der Waals surface area contributed by atoms with E-state index in [9.17, 15) is 9.59 Å². The molecule has 0 bridgehead atoms. The lowest BCUT2D eigenvalue weighted by atomic mass is 10.0. The first-order chi connectivity index (χ1) is 8.72. The minimum atomic E-state index is -0.545. The van der Waals surface area contributed by atoms with Crippen LogP contribution in [0.3, 0.4) is 0 Å². The predicted octanol–water partition coefficient (Wildman–Crippen LogP) is 1.01. The van der Waals surface area contributed by atoms with Gasteiger partial charge in [0.1, 0.15) is 6.04 Å². The maximum absolute atomic E-state index is 11.8. The molecule has 0 radical (unpaired) electrons. The number of hydrogen-bond donors (Lipinski definition) is 1. The molecule has 5 heteroatoms. The van der Waals surface area contributed by atoms with E-state index in [2.05, 4.69) is 10.3 Å². The molecule has 1 amide bonds. The van der Waals surface area contributed by atoms with Crippen LogP contribution in [0.1, 0.15) is 31.4 Å². The maximum atomic E-state index is 11.8. The number of aromatic nitrogens is 1. The van der Waals surface area contributed by atoms with Gasteiger partial charge >= 0.3 is 5.97 Å². The van der Waals surface area contributed by atoms with E-state index in [1.807, 2.05) is 13.0 Å². The summed E-state index contributed by atoms with van der Waals surface area (Å²) in [7, 11) is 0. The van der Waals surface area contributed by atoms with Gasteiger partial charge in [0.25, 0.3) is 0 Å². The van der Waals surface area contributed by atoms with Crippen LogP contribution in [0.15, 0.2) is 24.4 Å². The van der Waals surface area contributed by atoms with Crippen molar-refractivity contribution < 1.29 is 14.3 Å². The maximum Gasteiger partial charge on any atom is 0.328 e. The standard InChI is InChI=1S/C13H16N2O3/c1-2-7-18-13(17)11-8-9(12(16)15-11)10-5-3-4-6-14-10/h3-6,9,11H,2,7-8H2,1H3,(H,15,16). The van der Waals surface area contributed by atoms with Crippen LogP contribution in [0.25, 0.3) is 0 Å². The van der Waals surface area contributed by atoms with Gasteiger partial charge in [-0.3, -0.25) is 9.78 Å². The molecule has 1 aromatic rings. The average molecular weight is 248 g/mol. The molecule has 1 saturated heterocycles. The summed E-state index contributed by atoms with van der Waals surface area (Å²) >= 11 is 0. The van der Waals surface area contributed by atoms with Crippen LogP contribution in [0.5, 0.6) is 0 Å².